The summed E-state index contributed by atoms with van der Waals surface area (Å²) in [6.45, 7) is 16.4. The Morgan fingerprint density at radius 2 is 1.41 bits per heavy atom. The van der Waals surface area contributed by atoms with Crippen molar-refractivity contribution >= 4 is 22.5 Å². The topological polar surface area (TPSA) is 32.8 Å². The van der Waals surface area contributed by atoms with E-state index >= 15 is 0 Å². The highest BCUT2D eigenvalue weighted by molar-refractivity contribution is 6.92. The number of urea groups is 1. The van der Waals surface area contributed by atoms with Crippen LogP contribution >= 0.6 is 0 Å². The lowest BCUT2D eigenvalue weighted by Gasteiger charge is -2.46. The van der Waals surface area contributed by atoms with E-state index in [2.05, 4.69) is 43.5 Å². The van der Waals surface area contributed by atoms with E-state index in [1.165, 1.54) is 0 Å². The van der Waals surface area contributed by atoms with Crippen molar-refractivity contribution in [2.24, 2.45) is 0 Å². The number of hydrogen-bond donors (Lipinski definition) is 0. The summed E-state index contributed by atoms with van der Waals surface area (Å²) in [6.07, 6.45) is 0. The van der Waals surface area contributed by atoms with E-state index in [0.717, 1.165) is 13.1 Å². The molecule has 0 unspecified atom stereocenters. The number of ether oxygens (including phenoxy) is 1. The van der Waals surface area contributed by atoms with E-state index < -0.39 is 16.5 Å². The van der Waals surface area contributed by atoms with Crippen LogP contribution in [0.3, 0.4) is 0 Å². The Morgan fingerprint density at radius 3 is 1.76 bits per heavy atom. The maximum Gasteiger partial charge on any atom is 0.304 e. The van der Waals surface area contributed by atoms with Crippen molar-refractivity contribution in [1.29, 1.82) is 0 Å². The van der Waals surface area contributed by atoms with Gasteiger partial charge >= 0.3 is 6.03 Å². The van der Waals surface area contributed by atoms with Crippen molar-refractivity contribution in [2.75, 3.05) is 26.3 Å². The maximum absolute atomic E-state index is 12.7. The summed E-state index contributed by atoms with van der Waals surface area (Å²) < 4.78 is 7.55. The molecule has 100 valence electrons. The van der Waals surface area contributed by atoms with E-state index in [-0.39, 0.29) is 6.03 Å². The van der Waals surface area contributed by atoms with Gasteiger partial charge in [-0.05, 0) is 0 Å². The van der Waals surface area contributed by atoms with Gasteiger partial charge in [-0.3, -0.25) is 4.79 Å². The highest BCUT2D eigenvalue weighted by Crippen LogP contribution is 2.22. The first-order valence-corrected chi connectivity index (χ1v) is 13.2. The molecule has 1 saturated heterocycles. The number of nitrogens with zero attached hydrogens (tertiary/aromatic N) is 2. The molecule has 0 spiro atoms. The van der Waals surface area contributed by atoms with Gasteiger partial charge in [0.2, 0.25) is 0 Å². The van der Waals surface area contributed by atoms with Crippen molar-refractivity contribution in [3.8, 4) is 0 Å². The van der Waals surface area contributed by atoms with Gasteiger partial charge in [0.05, 0.1) is 13.2 Å². The summed E-state index contributed by atoms with van der Waals surface area (Å²) in [4.78, 5) is 14.6. The van der Waals surface area contributed by atoms with Gasteiger partial charge in [-0.2, -0.15) is 0 Å². The molecule has 1 heterocycles. The van der Waals surface area contributed by atoms with E-state index in [1.807, 2.05) is 4.90 Å². The van der Waals surface area contributed by atoms with Crippen LogP contribution in [-0.4, -0.2) is 57.9 Å². The van der Waals surface area contributed by atoms with Crippen LogP contribution in [0.2, 0.25) is 39.3 Å². The van der Waals surface area contributed by atoms with Crippen LogP contribution < -0.4 is 0 Å². The minimum atomic E-state index is -1.61. The van der Waals surface area contributed by atoms with Gasteiger partial charge < -0.3 is 13.9 Å². The third-order valence-electron chi connectivity index (χ3n) is 2.81. The number of morpholine rings is 1. The Labute approximate surface area is 107 Å². The normalized spacial score (nSPS) is 18.1. The van der Waals surface area contributed by atoms with Gasteiger partial charge in [-0.1, -0.05) is 39.3 Å². The van der Waals surface area contributed by atoms with Crippen LogP contribution in [-0.2, 0) is 4.74 Å². The fourth-order valence-corrected chi connectivity index (χ4v) is 12.0. The average molecular weight is 275 g/mol. The van der Waals surface area contributed by atoms with Crippen molar-refractivity contribution < 1.29 is 9.53 Å². The monoisotopic (exact) mass is 274 g/mol. The number of hydrogen-bond acceptors (Lipinski definition) is 2. The Bertz CT molecular complexity index is 264. The molecule has 6 heteroatoms. The predicted octanol–water partition coefficient (Wildman–Crippen LogP) is 2.41. The molecule has 0 radical (unpaired) electrons. The van der Waals surface area contributed by atoms with Crippen molar-refractivity contribution in [1.82, 2.24) is 9.13 Å². The number of carbonyl (C=O) groups is 1. The molecule has 0 N–H and O–H groups in total. The minimum Gasteiger partial charge on any atom is -0.378 e. The summed E-state index contributed by atoms with van der Waals surface area (Å²) in [5.74, 6) is 0. The molecular formula is C11H26N2O2Si2. The van der Waals surface area contributed by atoms with E-state index in [4.69, 9.17) is 4.74 Å². The van der Waals surface area contributed by atoms with E-state index in [0.29, 0.717) is 13.2 Å². The first-order valence-electron chi connectivity index (χ1n) is 6.31. The molecule has 2 amide bonds. The van der Waals surface area contributed by atoms with Crippen LogP contribution in [0.15, 0.2) is 0 Å². The lowest BCUT2D eigenvalue weighted by atomic mass is 10.4. The molecule has 17 heavy (non-hydrogen) atoms. The molecule has 1 rings (SSSR count). The lowest BCUT2D eigenvalue weighted by Crippen LogP contribution is -2.65. The summed E-state index contributed by atoms with van der Waals surface area (Å²) >= 11 is 0. The third kappa shape index (κ3) is 3.82. The molecule has 0 aromatic rings. The SMILES string of the molecule is C[Si](C)(C)N(C(=O)N1CCOCC1)[Si](C)(C)C. The van der Waals surface area contributed by atoms with Gasteiger partial charge in [-0.25, -0.2) is 0 Å². The molecule has 0 aromatic heterocycles. The highest BCUT2D eigenvalue weighted by atomic mass is 28.4. The molecule has 0 aliphatic carbocycles. The molecule has 0 saturated carbocycles. The third-order valence-corrected chi connectivity index (χ3v) is 9.91. The van der Waals surface area contributed by atoms with Crippen LogP contribution in [0, 0.1) is 0 Å². The van der Waals surface area contributed by atoms with E-state index in [9.17, 15) is 4.79 Å². The molecule has 0 aromatic carbocycles. The second-order valence-electron chi connectivity index (χ2n) is 6.56. The highest BCUT2D eigenvalue weighted by Gasteiger charge is 2.40. The molecule has 0 bridgehead atoms. The Morgan fingerprint density at radius 1 is 1.00 bits per heavy atom. The van der Waals surface area contributed by atoms with Gasteiger partial charge in [0, 0.05) is 13.1 Å². The number of amides is 2. The quantitative estimate of drug-likeness (QED) is 0.725. The molecular weight excluding hydrogens is 248 g/mol. The lowest BCUT2D eigenvalue weighted by molar-refractivity contribution is 0.0509. The molecule has 1 aliphatic heterocycles. The predicted molar refractivity (Wildman–Crippen MR) is 76.3 cm³/mol. The van der Waals surface area contributed by atoms with Gasteiger partial charge in [0.15, 0.2) is 0 Å². The van der Waals surface area contributed by atoms with Crippen molar-refractivity contribution in [3.63, 3.8) is 0 Å². The molecule has 1 aliphatic rings. The Balaban J connectivity index is 2.87. The van der Waals surface area contributed by atoms with Crippen molar-refractivity contribution in [3.05, 3.63) is 0 Å². The smallest absolute Gasteiger partial charge is 0.304 e. The second-order valence-corrected chi connectivity index (χ2v) is 16.6. The first kappa shape index (κ1) is 14.7. The van der Waals surface area contributed by atoms with E-state index in [1.54, 1.807) is 0 Å². The van der Waals surface area contributed by atoms with Crippen LogP contribution in [0.1, 0.15) is 0 Å². The molecule has 0 atom stereocenters. The van der Waals surface area contributed by atoms with Gasteiger partial charge in [-0.15, -0.1) is 0 Å². The van der Waals surface area contributed by atoms with Crippen LogP contribution in [0.5, 0.6) is 0 Å². The van der Waals surface area contributed by atoms with Gasteiger partial charge in [0.25, 0.3) is 0 Å². The Kier molecular flexibility index (Phi) is 4.43. The zero-order valence-corrected chi connectivity index (χ0v) is 14.0. The number of rotatable bonds is 2. The standard InChI is InChI=1S/C11H26N2O2Si2/c1-16(2,3)13(17(4,5)6)11(14)12-7-9-15-10-8-12/h7-10H2,1-6H3. The van der Waals surface area contributed by atoms with Crippen LogP contribution in [0.4, 0.5) is 4.79 Å². The minimum absolute atomic E-state index is 0.242. The number of carbonyl (C=O) groups excluding carboxylic acids is 1. The zero-order chi connectivity index (χ0) is 13.3. The van der Waals surface area contributed by atoms with Crippen LogP contribution in [0.25, 0.3) is 0 Å². The molecule has 1 fully saturated rings. The first-order chi connectivity index (χ1) is 7.64. The maximum atomic E-state index is 12.7. The largest absolute Gasteiger partial charge is 0.378 e. The average Bonchev–Trinajstić information content (AvgIpc) is 2.14. The zero-order valence-electron chi connectivity index (χ0n) is 12.0. The molecule has 4 nitrogen and oxygen atoms in total. The summed E-state index contributed by atoms with van der Waals surface area (Å²) in [6, 6.07) is 0.242. The summed E-state index contributed by atoms with van der Waals surface area (Å²) in [7, 11) is -3.21. The fourth-order valence-electron chi connectivity index (χ4n) is 2.48. The second kappa shape index (κ2) is 5.11. The fraction of sp³-hybridized carbons (Fsp3) is 0.909. The Hall–Kier alpha value is -0.336. The van der Waals surface area contributed by atoms with Crippen molar-refractivity contribution in [2.45, 2.75) is 39.3 Å². The van der Waals surface area contributed by atoms with Gasteiger partial charge in [0.1, 0.15) is 16.5 Å². The summed E-state index contributed by atoms with van der Waals surface area (Å²) in [5, 5.41) is 0. The summed E-state index contributed by atoms with van der Waals surface area (Å²) in [5.41, 5.74) is 0.